The van der Waals surface area contributed by atoms with Crippen molar-refractivity contribution >= 4 is 23.4 Å². The highest BCUT2D eigenvalue weighted by Crippen LogP contribution is 2.56. The highest BCUT2D eigenvalue weighted by Gasteiger charge is 2.73. The van der Waals surface area contributed by atoms with Crippen molar-refractivity contribution < 1.29 is 23.9 Å². The number of likely N-dealkylation sites (tertiary alicyclic amines) is 1. The summed E-state index contributed by atoms with van der Waals surface area (Å²) < 4.78 is 11.8. The number of benzene rings is 1. The van der Waals surface area contributed by atoms with Crippen molar-refractivity contribution in [2.24, 2.45) is 17.8 Å². The summed E-state index contributed by atoms with van der Waals surface area (Å²) in [5.41, 5.74) is -0.511. The lowest BCUT2D eigenvalue weighted by Crippen LogP contribution is -2.59. The molecule has 0 unspecified atom stereocenters. The number of fused-ring (bicyclic) bond motifs is 1. The molecule has 204 valence electrons. The summed E-state index contributed by atoms with van der Waals surface area (Å²) >= 11 is 0. The second-order valence-electron chi connectivity index (χ2n) is 11.8. The van der Waals surface area contributed by atoms with Crippen molar-refractivity contribution in [1.29, 1.82) is 0 Å². The number of methoxy groups -OCH3 is 1. The lowest BCUT2D eigenvalue weighted by Gasteiger charge is -2.40. The Morgan fingerprint density at radius 1 is 1.05 bits per heavy atom. The molecule has 1 aromatic carbocycles. The quantitative estimate of drug-likeness (QED) is 0.555. The van der Waals surface area contributed by atoms with E-state index < -0.39 is 29.6 Å². The third kappa shape index (κ3) is 4.12. The average Bonchev–Trinajstić information content (AvgIpc) is 3.58. The molecule has 0 aromatic heterocycles. The zero-order valence-electron chi connectivity index (χ0n) is 22.4. The van der Waals surface area contributed by atoms with Crippen molar-refractivity contribution in [3.05, 3.63) is 36.4 Å². The van der Waals surface area contributed by atoms with Crippen molar-refractivity contribution in [3.63, 3.8) is 0 Å². The van der Waals surface area contributed by atoms with Gasteiger partial charge < -0.3 is 25.0 Å². The summed E-state index contributed by atoms with van der Waals surface area (Å²) in [6.45, 7) is 2.19. The van der Waals surface area contributed by atoms with Crippen LogP contribution in [0.2, 0.25) is 0 Å². The predicted octanol–water partition coefficient (Wildman–Crippen LogP) is 3.81. The third-order valence-corrected chi connectivity index (χ3v) is 9.61. The highest BCUT2D eigenvalue weighted by molar-refractivity contribution is 6.03. The minimum absolute atomic E-state index is 0.00565. The Balaban J connectivity index is 1.31. The van der Waals surface area contributed by atoms with Crippen molar-refractivity contribution in [2.75, 3.05) is 12.4 Å². The third-order valence-electron chi connectivity index (χ3n) is 9.61. The molecule has 3 aliphatic heterocycles. The number of nitrogens with zero attached hydrogens (tertiary/aromatic N) is 1. The number of carbonyl (C=O) groups is 3. The summed E-state index contributed by atoms with van der Waals surface area (Å²) in [6, 6.07) is 6.51. The summed E-state index contributed by atoms with van der Waals surface area (Å²) in [5.74, 6) is -0.897. The fraction of sp³-hybridized carbons (Fsp3) is 0.633. The minimum atomic E-state index is -1.11. The van der Waals surface area contributed by atoms with E-state index in [-0.39, 0.29) is 29.8 Å². The van der Waals surface area contributed by atoms with E-state index in [1.165, 1.54) is 6.42 Å². The average molecular weight is 522 g/mol. The smallest absolute Gasteiger partial charge is 0.246 e. The SMILES string of the molecule is COc1cccc(NC(=O)[C@H]2[C@H]3C=C[C@@]4(O3)[C@H]2C(=O)N(C2CCCCC2)[C@@H]4C(=O)N[C@H]2CCCC[C@H]2C)c1. The Hall–Kier alpha value is -2.87. The molecular formula is C30H39N3O5. The summed E-state index contributed by atoms with van der Waals surface area (Å²) in [5, 5.41) is 6.30. The van der Waals surface area contributed by atoms with Crippen LogP contribution in [0.25, 0.3) is 0 Å². The number of hydrogen-bond acceptors (Lipinski definition) is 5. The summed E-state index contributed by atoms with van der Waals surface area (Å²) in [7, 11) is 1.58. The first-order valence-corrected chi connectivity index (χ1v) is 14.4. The monoisotopic (exact) mass is 521 g/mol. The molecule has 2 saturated heterocycles. The van der Waals surface area contributed by atoms with Crippen LogP contribution >= 0.6 is 0 Å². The lowest BCUT2D eigenvalue weighted by molar-refractivity contribution is -0.145. The highest BCUT2D eigenvalue weighted by atomic mass is 16.5. The predicted molar refractivity (Wildman–Crippen MR) is 142 cm³/mol. The molecule has 2 saturated carbocycles. The van der Waals surface area contributed by atoms with E-state index in [4.69, 9.17) is 9.47 Å². The molecule has 38 heavy (non-hydrogen) atoms. The first-order chi connectivity index (χ1) is 18.4. The summed E-state index contributed by atoms with van der Waals surface area (Å²) in [4.78, 5) is 43.8. The van der Waals surface area contributed by atoms with E-state index in [0.717, 1.165) is 51.4 Å². The van der Waals surface area contributed by atoms with Crippen LogP contribution in [0.4, 0.5) is 5.69 Å². The number of amides is 3. The maximum absolute atomic E-state index is 14.2. The normalized spacial score (nSPS) is 36.3. The van der Waals surface area contributed by atoms with E-state index in [1.807, 2.05) is 29.2 Å². The molecule has 1 spiro atoms. The van der Waals surface area contributed by atoms with Gasteiger partial charge in [0.05, 0.1) is 25.0 Å². The van der Waals surface area contributed by atoms with Gasteiger partial charge in [-0.3, -0.25) is 14.4 Å². The van der Waals surface area contributed by atoms with E-state index in [0.29, 0.717) is 17.4 Å². The fourth-order valence-corrected chi connectivity index (χ4v) is 7.68. The fourth-order valence-electron chi connectivity index (χ4n) is 7.68. The van der Waals surface area contributed by atoms with Crippen LogP contribution < -0.4 is 15.4 Å². The summed E-state index contributed by atoms with van der Waals surface area (Å²) in [6.07, 6.45) is 12.6. The Labute approximate surface area is 224 Å². The Kier molecular flexibility index (Phi) is 6.70. The number of carbonyl (C=O) groups excluding carboxylic acids is 3. The molecule has 0 radical (unpaired) electrons. The van der Waals surface area contributed by atoms with Gasteiger partial charge in [0.1, 0.15) is 17.4 Å². The van der Waals surface area contributed by atoms with Crippen LogP contribution in [0.1, 0.15) is 64.7 Å². The van der Waals surface area contributed by atoms with E-state index >= 15 is 0 Å². The molecular weight excluding hydrogens is 482 g/mol. The van der Waals surface area contributed by atoms with Crippen molar-refractivity contribution in [3.8, 4) is 5.75 Å². The molecule has 2 bridgehead atoms. The van der Waals surface area contributed by atoms with Gasteiger partial charge in [0.15, 0.2) is 0 Å². The Morgan fingerprint density at radius 3 is 2.58 bits per heavy atom. The van der Waals surface area contributed by atoms with Gasteiger partial charge in [0.25, 0.3) is 0 Å². The van der Waals surface area contributed by atoms with E-state index in [1.54, 1.807) is 19.2 Å². The molecule has 5 aliphatic rings. The molecule has 3 heterocycles. The molecule has 8 heteroatoms. The molecule has 1 aromatic rings. The second-order valence-corrected chi connectivity index (χ2v) is 11.8. The van der Waals surface area contributed by atoms with Crippen LogP contribution in [-0.2, 0) is 19.1 Å². The van der Waals surface area contributed by atoms with Crippen LogP contribution in [0.15, 0.2) is 36.4 Å². The zero-order chi connectivity index (χ0) is 26.4. The van der Waals surface area contributed by atoms with E-state index in [2.05, 4.69) is 17.6 Å². The van der Waals surface area contributed by atoms with Gasteiger partial charge in [-0.05, 0) is 43.7 Å². The largest absolute Gasteiger partial charge is 0.497 e. The van der Waals surface area contributed by atoms with Gasteiger partial charge in [-0.1, -0.05) is 57.2 Å². The first kappa shape index (κ1) is 25.4. The minimum Gasteiger partial charge on any atom is -0.497 e. The molecule has 7 atom stereocenters. The van der Waals surface area contributed by atoms with Crippen molar-refractivity contribution in [1.82, 2.24) is 10.2 Å². The Morgan fingerprint density at radius 2 is 1.82 bits per heavy atom. The zero-order valence-corrected chi connectivity index (χ0v) is 22.4. The lowest BCUT2D eigenvalue weighted by atomic mass is 9.74. The number of ether oxygens (including phenoxy) is 2. The molecule has 2 aliphatic carbocycles. The van der Waals surface area contributed by atoms with Gasteiger partial charge in [0, 0.05) is 23.8 Å². The van der Waals surface area contributed by atoms with Gasteiger partial charge in [-0.25, -0.2) is 0 Å². The van der Waals surface area contributed by atoms with Gasteiger partial charge in [-0.2, -0.15) is 0 Å². The maximum Gasteiger partial charge on any atom is 0.246 e. The molecule has 3 amide bonds. The van der Waals surface area contributed by atoms with Gasteiger partial charge in [0.2, 0.25) is 17.7 Å². The maximum atomic E-state index is 14.2. The first-order valence-electron chi connectivity index (χ1n) is 14.4. The molecule has 2 N–H and O–H groups in total. The number of hydrogen-bond donors (Lipinski definition) is 2. The Bertz CT molecular complexity index is 1130. The van der Waals surface area contributed by atoms with E-state index in [9.17, 15) is 14.4 Å². The van der Waals surface area contributed by atoms with Gasteiger partial charge in [-0.15, -0.1) is 0 Å². The van der Waals surface area contributed by atoms with Crippen LogP contribution in [0.3, 0.4) is 0 Å². The van der Waals surface area contributed by atoms with Crippen LogP contribution in [0, 0.1) is 17.8 Å². The number of rotatable bonds is 6. The standard InChI is InChI=1S/C30H39N3O5/c1-18-9-6-7-14-22(18)32-28(35)26-30-16-15-23(38-30)24(27(34)31-19-10-8-13-21(17-19)37-2)25(30)29(36)33(26)20-11-4-3-5-12-20/h8,10,13,15-18,20,22-26H,3-7,9,11-12,14H2,1-2H3,(H,31,34)(H,32,35)/t18-,22+,23-,24+,25-,26-,30-/m1/s1. The van der Waals surface area contributed by atoms with Crippen LogP contribution in [0.5, 0.6) is 5.75 Å². The van der Waals surface area contributed by atoms with Crippen LogP contribution in [-0.4, -0.2) is 59.6 Å². The molecule has 4 fully saturated rings. The van der Waals surface area contributed by atoms with Crippen molar-refractivity contribution in [2.45, 2.75) is 94.5 Å². The van der Waals surface area contributed by atoms with Gasteiger partial charge >= 0.3 is 0 Å². The molecule has 8 nitrogen and oxygen atoms in total. The number of anilines is 1. The number of nitrogens with one attached hydrogen (secondary N) is 2. The topological polar surface area (TPSA) is 97.0 Å². The molecule has 6 rings (SSSR count). The second kappa shape index (κ2) is 10.0.